The van der Waals surface area contributed by atoms with Crippen LogP contribution in [0.15, 0.2) is 46.0 Å². The molecule has 1 heterocycles. The van der Waals surface area contributed by atoms with E-state index in [1.54, 1.807) is 6.07 Å². The molecule has 6 heteroatoms. The Morgan fingerprint density at radius 1 is 1.14 bits per heavy atom. The van der Waals surface area contributed by atoms with E-state index in [-0.39, 0.29) is 5.91 Å². The Kier molecular flexibility index (Phi) is 8.59. The number of aliphatic imine (C=N–C) groups is 1. The van der Waals surface area contributed by atoms with Crippen molar-refractivity contribution < 1.29 is 9.21 Å². The van der Waals surface area contributed by atoms with Crippen molar-refractivity contribution in [1.29, 1.82) is 0 Å². The maximum Gasteiger partial charge on any atom is 0.287 e. The fraction of sp³-hybridized carbons (Fsp3) is 0.455. The molecule has 0 spiro atoms. The summed E-state index contributed by atoms with van der Waals surface area (Å²) in [6, 6.07) is 10.3. The van der Waals surface area contributed by atoms with Gasteiger partial charge >= 0.3 is 0 Å². The molecule has 2 rings (SSSR count). The standard InChI is InChI=1S/C22H32N4O2/c1-5-23-22(26-15-18(4)19-9-6-8-16(2)14-19)25-12-7-11-24-21(27)20-17(3)10-13-28-20/h6,8-10,13-14,18H,5,7,11-12,15H2,1-4H3,(H,24,27)(H2,23,25,26). The Morgan fingerprint density at radius 3 is 2.61 bits per heavy atom. The largest absolute Gasteiger partial charge is 0.459 e. The highest BCUT2D eigenvalue weighted by molar-refractivity contribution is 5.92. The van der Waals surface area contributed by atoms with Gasteiger partial charge in [-0.05, 0) is 38.8 Å². The van der Waals surface area contributed by atoms with Crippen molar-refractivity contribution in [3.8, 4) is 0 Å². The monoisotopic (exact) mass is 384 g/mol. The number of nitrogens with one attached hydrogen (secondary N) is 3. The third-order valence-corrected chi connectivity index (χ3v) is 4.48. The number of furan rings is 1. The molecule has 1 amide bonds. The Balaban J connectivity index is 1.75. The van der Waals surface area contributed by atoms with Gasteiger partial charge in [0.1, 0.15) is 0 Å². The lowest BCUT2D eigenvalue weighted by Gasteiger charge is -2.14. The van der Waals surface area contributed by atoms with Gasteiger partial charge in [0.2, 0.25) is 0 Å². The topological polar surface area (TPSA) is 78.7 Å². The van der Waals surface area contributed by atoms with Crippen molar-refractivity contribution in [3.05, 3.63) is 59.0 Å². The van der Waals surface area contributed by atoms with Crippen LogP contribution < -0.4 is 16.0 Å². The zero-order chi connectivity index (χ0) is 20.4. The lowest BCUT2D eigenvalue weighted by Crippen LogP contribution is -2.39. The van der Waals surface area contributed by atoms with Crippen LogP contribution in [0.4, 0.5) is 0 Å². The first-order valence-electron chi connectivity index (χ1n) is 9.92. The number of hydrogen-bond donors (Lipinski definition) is 3. The van der Waals surface area contributed by atoms with Gasteiger partial charge in [-0.15, -0.1) is 0 Å². The molecule has 1 aromatic carbocycles. The van der Waals surface area contributed by atoms with Crippen molar-refractivity contribution in [2.45, 2.75) is 40.0 Å². The van der Waals surface area contributed by atoms with Crippen LogP contribution in [-0.4, -0.2) is 38.0 Å². The summed E-state index contributed by atoms with van der Waals surface area (Å²) in [6.45, 7) is 11.0. The molecule has 0 radical (unpaired) electrons. The SMILES string of the molecule is CCNC(=NCC(C)c1cccc(C)c1)NCCCNC(=O)c1occc1C. The van der Waals surface area contributed by atoms with Gasteiger partial charge in [-0.25, -0.2) is 0 Å². The molecule has 6 nitrogen and oxygen atoms in total. The second-order valence-corrected chi connectivity index (χ2v) is 7.00. The first-order chi connectivity index (χ1) is 13.5. The molecule has 1 unspecified atom stereocenters. The zero-order valence-corrected chi connectivity index (χ0v) is 17.3. The third kappa shape index (κ3) is 6.76. The highest BCUT2D eigenvalue weighted by Crippen LogP contribution is 2.16. The fourth-order valence-corrected chi connectivity index (χ4v) is 2.83. The fourth-order valence-electron chi connectivity index (χ4n) is 2.83. The van der Waals surface area contributed by atoms with Gasteiger partial charge in [-0.2, -0.15) is 0 Å². The van der Waals surface area contributed by atoms with E-state index in [1.165, 1.54) is 17.4 Å². The Hall–Kier alpha value is -2.76. The first-order valence-corrected chi connectivity index (χ1v) is 9.92. The Labute approximate surface area is 167 Å². The molecule has 0 aliphatic rings. The summed E-state index contributed by atoms with van der Waals surface area (Å²) in [6.07, 6.45) is 2.33. The van der Waals surface area contributed by atoms with Gasteiger partial charge < -0.3 is 20.4 Å². The van der Waals surface area contributed by atoms with Gasteiger partial charge in [0.05, 0.1) is 6.26 Å². The normalized spacial score (nSPS) is 12.5. The molecule has 0 bridgehead atoms. The minimum atomic E-state index is -0.171. The lowest BCUT2D eigenvalue weighted by atomic mass is 10.00. The second kappa shape index (κ2) is 11.2. The molecular weight excluding hydrogens is 352 g/mol. The predicted molar refractivity (Wildman–Crippen MR) is 114 cm³/mol. The van der Waals surface area contributed by atoms with Crippen LogP contribution >= 0.6 is 0 Å². The molecule has 1 aromatic heterocycles. The molecule has 2 aromatic rings. The van der Waals surface area contributed by atoms with Crippen molar-refractivity contribution in [2.75, 3.05) is 26.2 Å². The van der Waals surface area contributed by atoms with E-state index in [0.29, 0.717) is 24.8 Å². The molecule has 0 saturated carbocycles. The zero-order valence-electron chi connectivity index (χ0n) is 17.3. The molecule has 28 heavy (non-hydrogen) atoms. The van der Waals surface area contributed by atoms with Crippen LogP contribution in [0.25, 0.3) is 0 Å². The van der Waals surface area contributed by atoms with Crippen LogP contribution in [0.2, 0.25) is 0 Å². The van der Waals surface area contributed by atoms with E-state index in [9.17, 15) is 4.79 Å². The molecular formula is C22H32N4O2. The van der Waals surface area contributed by atoms with E-state index >= 15 is 0 Å². The minimum absolute atomic E-state index is 0.171. The average Bonchev–Trinajstić information content (AvgIpc) is 3.11. The summed E-state index contributed by atoms with van der Waals surface area (Å²) in [5.74, 6) is 1.37. The van der Waals surface area contributed by atoms with E-state index in [0.717, 1.165) is 31.0 Å². The van der Waals surface area contributed by atoms with Crippen LogP contribution in [0.5, 0.6) is 0 Å². The number of carbonyl (C=O) groups excluding carboxylic acids is 1. The summed E-state index contributed by atoms with van der Waals surface area (Å²) >= 11 is 0. The van der Waals surface area contributed by atoms with E-state index < -0.39 is 0 Å². The van der Waals surface area contributed by atoms with E-state index in [1.807, 2.05) is 13.8 Å². The van der Waals surface area contributed by atoms with Crippen LogP contribution in [-0.2, 0) is 0 Å². The number of rotatable bonds is 9. The maximum absolute atomic E-state index is 12.0. The molecule has 0 fully saturated rings. The lowest BCUT2D eigenvalue weighted by molar-refractivity contribution is 0.0925. The Bertz CT molecular complexity index is 782. The summed E-state index contributed by atoms with van der Waals surface area (Å²) in [5, 5.41) is 9.47. The highest BCUT2D eigenvalue weighted by Gasteiger charge is 2.11. The molecule has 3 N–H and O–H groups in total. The maximum atomic E-state index is 12.0. The summed E-state index contributed by atoms with van der Waals surface area (Å²) in [7, 11) is 0. The Morgan fingerprint density at radius 2 is 1.93 bits per heavy atom. The van der Waals surface area contributed by atoms with Crippen molar-refractivity contribution in [3.63, 3.8) is 0 Å². The van der Waals surface area contributed by atoms with Gasteiger partial charge in [0.25, 0.3) is 5.91 Å². The summed E-state index contributed by atoms with van der Waals surface area (Å²) in [4.78, 5) is 16.7. The molecule has 0 aliphatic heterocycles. The number of guanidine groups is 1. The molecule has 1 atom stereocenters. The van der Waals surface area contributed by atoms with Gasteiger partial charge in [-0.3, -0.25) is 9.79 Å². The van der Waals surface area contributed by atoms with Crippen molar-refractivity contribution in [2.24, 2.45) is 4.99 Å². The van der Waals surface area contributed by atoms with E-state index in [2.05, 4.69) is 54.1 Å². The average molecular weight is 385 g/mol. The minimum Gasteiger partial charge on any atom is -0.459 e. The number of nitrogens with zero attached hydrogens (tertiary/aromatic N) is 1. The summed E-state index contributed by atoms with van der Waals surface area (Å²) < 4.78 is 5.19. The van der Waals surface area contributed by atoms with Gasteiger partial charge in [0, 0.05) is 37.7 Å². The molecule has 0 saturated heterocycles. The van der Waals surface area contributed by atoms with E-state index in [4.69, 9.17) is 9.41 Å². The molecule has 152 valence electrons. The third-order valence-electron chi connectivity index (χ3n) is 4.48. The smallest absolute Gasteiger partial charge is 0.287 e. The highest BCUT2D eigenvalue weighted by atomic mass is 16.3. The first kappa shape index (κ1) is 21.5. The molecule has 0 aliphatic carbocycles. The number of carbonyl (C=O) groups is 1. The van der Waals surface area contributed by atoms with Crippen molar-refractivity contribution in [1.82, 2.24) is 16.0 Å². The second-order valence-electron chi connectivity index (χ2n) is 7.00. The number of benzene rings is 1. The predicted octanol–water partition coefficient (Wildman–Crippen LogP) is 3.38. The van der Waals surface area contributed by atoms with Crippen LogP contribution in [0.1, 0.15) is 53.4 Å². The van der Waals surface area contributed by atoms with Gasteiger partial charge in [0.15, 0.2) is 11.7 Å². The number of aryl methyl sites for hydroxylation is 2. The number of amides is 1. The van der Waals surface area contributed by atoms with Crippen LogP contribution in [0, 0.1) is 13.8 Å². The van der Waals surface area contributed by atoms with Crippen LogP contribution in [0.3, 0.4) is 0 Å². The van der Waals surface area contributed by atoms with Gasteiger partial charge in [-0.1, -0.05) is 36.8 Å². The quantitative estimate of drug-likeness (QED) is 0.352. The summed E-state index contributed by atoms with van der Waals surface area (Å²) in [5.41, 5.74) is 3.42. The number of hydrogen-bond acceptors (Lipinski definition) is 3. The van der Waals surface area contributed by atoms with Crippen molar-refractivity contribution >= 4 is 11.9 Å².